The highest BCUT2D eigenvalue weighted by Crippen LogP contribution is 2.37. The molecule has 7 heteroatoms. The van der Waals surface area contributed by atoms with E-state index in [0.717, 1.165) is 12.1 Å². The van der Waals surface area contributed by atoms with Crippen LogP contribution in [0.3, 0.4) is 0 Å². The molecule has 0 radical (unpaired) electrons. The molecule has 0 bridgehead atoms. The molecule has 0 aliphatic rings. The molecular weight excluding hydrogens is 251 g/mol. The van der Waals surface area contributed by atoms with E-state index in [4.69, 9.17) is 5.11 Å². The van der Waals surface area contributed by atoms with Crippen molar-refractivity contribution in [2.45, 2.75) is 6.18 Å². The second-order valence-corrected chi connectivity index (χ2v) is 3.53. The van der Waals surface area contributed by atoms with Gasteiger partial charge in [0.05, 0.1) is 11.1 Å². The summed E-state index contributed by atoms with van der Waals surface area (Å²) in [4.78, 5) is 14.2. The van der Waals surface area contributed by atoms with Gasteiger partial charge in [-0.25, -0.2) is 4.79 Å². The predicted octanol–water partition coefficient (Wildman–Crippen LogP) is 2.66. The summed E-state index contributed by atoms with van der Waals surface area (Å²) in [5, 5.41) is 18.1. The molecule has 0 unspecified atom stereocenters. The first kappa shape index (κ1) is 12.2. The maximum Gasteiger partial charge on any atom is 0.418 e. The van der Waals surface area contributed by atoms with Crippen molar-refractivity contribution in [1.29, 1.82) is 0 Å². The summed E-state index contributed by atoms with van der Waals surface area (Å²) in [7, 11) is 0. The maximum atomic E-state index is 12.7. The first-order valence-electron chi connectivity index (χ1n) is 4.73. The van der Waals surface area contributed by atoms with Gasteiger partial charge >= 0.3 is 12.1 Å². The molecule has 0 spiro atoms. The van der Waals surface area contributed by atoms with Crippen LogP contribution in [0.1, 0.15) is 15.9 Å². The van der Waals surface area contributed by atoms with Crippen LogP contribution in [0.4, 0.5) is 13.2 Å². The third-order valence-electron chi connectivity index (χ3n) is 2.40. The van der Waals surface area contributed by atoms with Gasteiger partial charge in [-0.15, -0.1) is 0 Å². The summed E-state index contributed by atoms with van der Waals surface area (Å²) < 4.78 is 38.0. The van der Waals surface area contributed by atoms with Gasteiger partial charge in [0.2, 0.25) is 0 Å². The monoisotopic (exact) mass is 257 g/mol. The van der Waals surface area contributed by atoms with Crippen molar-refractivity contribution in [3.05, 3.63) is 35.5 Å². The third kappa shape index (κ3) is 1.83. The highest BCUT2D eigenvalue weighted by molar-refractivity contribution is 5.99. The number of fused-ring (bicyclic) bond motifs is 1. The van der Waals surface area contributed by atoms with Crippen LogP contribution in [0.2, 0.25) is 0 Å². The fourth-order valence-electron chi connectivity index (χ4n) is 1.59. The Labute approximate surface area is 98.3 Å². The van der Waals surface area contributed by atoms with Crippen LogP contribution in [-0.4, -0.2) is 21.2 Å². The Morgan fingerprint density at radius 1 is 1.28 bits per heavy atom. The molecule has 0 amide bonds. The molecule has 2 aromatic rings. The van der Waals surface area contributed by atoms with E-state index in [1.54, 1.807) is 0 Å². The number of carbonyl (C=O) groups is 1. The fraction of sp³-hybridized carbons (Fsp3) is 0.0909. The summed E-state index contributed by atoms with van der Waals surface area (Å²) >= 11 is 0. The number of hydrogen-bond donors (Lipinski definition) is 2. The normalized spacial score (nSPS) is 11.7. The molecule has 4 nitrogen and oxygen atoms in total. The van der Waals surface area contributed by atoms with E-state index in [1.165, 1.54) is 6.07 Å². The number of nitrogens with zero attached hydrogens (tertiary/aromatic N) is 1. The Bertz CT molecular complexity index is 637. The second kappa shape index (κ2) is 3.86. The van der Waals surface area contributed by atoms with E-state index in [-0.39, 0.29) is 5.39 Å². The van der Waals surface area contributed by atoms with Crippen LogP contribution in [0.25, 0.3) is 10.9 Å². The largest absolute Gasteiger partial charge is 0.506 e. The Morgan fingerprint density at radius 3 is 2.50 bits per heavy atom. The van der Waals surface area contributed by atoms with Gasteiger partial charge in [-0.3, -0.25) is 4.98 Å². The molecule has 1 aromatic heterocycles. The minimum Gasteiger partial charge on any atom is -0.506 e. The molecule has 0 fully saturated rings. The highest BCUT2D eigenvalue weighted by Gasteiger charge is 2.33. The zero-order chi connectivity index (χ0) is 13.5. The van der Waals surface area contributed by atoms with Crippen molar-refractivity contribution in [3.63, 3.8) is 0 Å². The predicted molar refractivity (Wildman–Crippen MR) is 55.4 cm³/mol. The van der Waals surface area contributed by atoms with Crippen LogP contribution in [0.15, 0.2) is 24.4 Å². The molecule has 94 valence electrons. The van der Waals surface area contributed by atoms with Gasteiger partial charge in [-0.1, -0.05) is 6.07 Å². The van der Waals surface area contributed by atoms with Gasteiger partial charge in [0, 0.05) is 11.6 Å². The number of pyridine rings is 1. The van der Waals surface area contributed by atoms with Crippen molar-refractivity contribution >= 4 is 16.9 Å². The molecule has 0 aliphatic heterocycles. The highest BCUT2D eigenvalue weighted by atomic mass is 19.4. The summed E-state index contributed by atoms with van der Waals surface area (Å²) in [5.41, 5.74) is -2.04. The zero-order valence-electron chi connectivity index (χ0n) is 8.69. The number of hydrogen-bond acceptors (Lipinski definition) is 3. The van der Waals surface area contributed by atoms with Gasteiger partial charge in [0.1, 0.15) is 11.3 Å². The van der Waals surface area contributed by atoms with E-state index in [0.29, 0.717) is 6.20 Å². The lowest BCUT2D eigenvalue weighted by molar-refractivity contribution is -0.136. The number of carboxylic acids is 1. The number of alkyl halides is 3. The maximum absolute atomic E-state index is 12.7. The molecule has 0 saturated carbocycles. The number of halogens is 3. The Hall–Kier alpha value is -2.31. The number of aromatic hydroxyl groups is 1. The van der Waals surface area contributed by atoms with E-state index >= 15 is 0 Å². The minimum atomic E-state index is -4.62. The second-order valence-electron chi connectivity index (χ2n) is 3.53. The van der Waals surface area contributed by atoms with Crippen molar-refractivity contribution in [2.75, 3.05) is 0 Å². The average molecular weight is 257 g/mol. The Morgan fingerprint density at radius 2 is 1.94 bits per heavy atom. The van der Waals surface area contributed by atoms with Crippen LogP contribution in [0, 0.1) is 0 Å². The Kier molecular flexibility index (Phi) is 2.61. The van der Waals surface area contributed by atoms with Gasteiger partial charge in [0.15, 0.2) is 0 Å². The van der Waals surface area contributed by atoms with E-state index < -0.39 is 34.5 Å². The van der Waals surface area contributed by atoms with Crippen LogP contribution >= 0.6 is 0 Å². The number of rotatable bonds is 1. The van der Waals surface area contributed by atoms with Gasteiger partial charge in [-0.2, -0.15) is 13.2 Å². The fourth-order valence-corrected chi connectivity index (χ4v) is 1.59. The van der Waals surface area contributed by atoms with E-state index in [2.05, 4.69) is 4.98 Å². The number of aromatic nitrogens is 1. The number of para-hydroxylation sites is 1. The molecule has 18 heavy (non-hydrogen) atoms. The standard InChI is InChI=1S/C11H6F3NO3/c12-11(13,14)7-3-1-2-5-8(7)15-4-6(9(5)16)10(17)18/h1-4H,(H,15,16)(H,17,18). The average Bonchev–Trinajstić information content (AvgIpc) is 2.27. The van der Waals surface area contributed by atoms with E-state index in [9.17, 15) is 23.1 Å². The van der Waals surface area contributed by atoms with Gasteiger partial charge in [-0.05, 0) is 12.1 Å². The summed E-state index contributed by atoms with van der Waals surface area (Å²) in [6.07, 6.45) is -3.92. The summed E-state index contributed by atoms with van der Waals surface area (Å²) in [6.45, 7) is 0. The van der Waals surface area contributed by atoms with Gasteiger partial charge in [0.25, 0.3) is 0 Å². The quantitative estimate of drug-likeness (QED) is 0.823. The number of aromatic carboxylic acids is 1. The molecule has 1 aromatic carbocycles. The Balaban J connectivity index is 2.83. The lowest BCUT2D eigenvalue weighted by atomic mass is 10.1. The number of benzene rings is 1. The first-order chi connectivity index (χ1) is 8.32. The number of carboxylic acid groups (broad SMARTS) is 1. The lowest BCUT2D eigenvalue weighted by Gasteiger charge is -2.10. The molecule has 2 N–H and O–H groups in total. The van der Waals surface area contributed by atoms with Crippen molar-refractivity contribution in [2.24, 2.45) is 0 Å². The van der Waals surface area contributed by atoms with E-state index in [1.807, 2.05) is 0 Å². The van der Waals surface area contributed by atoms with Crippen LogP contribution < -0.4 is 0 Å². The molecular formula is C11H6F3NO3. The van der Waals surface area contributed by atoms with Gasteiger partial charge < -0.3 is 10.2 Å². The van der Waals surface area contributed by atoms with Crippen LogP contribution in [-0.2, 0) is 6.18 Å². The van der Waals surface area contributed by atoms with Crippen molar-refractivity contribution < 1.29 is 28.2 Å². The zero-order valence-corrected chi connectivity index (χ0v) is 8.69. The molecule has 2 rings (SSSR count). The first-order valence-corrected chi connectivity index (χ1v) is 4.73. The topological polar surface area (TPSA) is 70.4 Å². The SMILES string of the molecule is O=C(O)c1cnc2c(C(F)(F)F)cccc2c1O. The third-order valence-corrected chi connectivity index (χ3v) is 2.40. The lowest BCUT2D eigenvalue weighted by Crippen LogP contribution is -2.07. The molecule has 1 heterocycles. The molecule has 0 atom stereocenters. The molecule has 0 saturated heterocycles. The van der Waals surface area contributed by atoms with Crippen molar-refractivity contribution in [3.8, 4) is 5.75 Å². The smallest absolute Gasteiger partial charge is 0.418 e. The van der Waals surface area contributed by atoms with Crippen molar-refractivity contribution in [1.82, 2.24) is 4.98 Å². The summed E-state index contributed by atoms with van der Waals surface area (Å²) in [5.74, 6) is -2.18. The summed E-state index contributed by atoms with van der Waals surface area (Å²) in [6, 6.07) is 3.08. The minimum absolute atomic E-state index is 0.246. The molecule has 0 aliphatic carbocycles. The van der Waals surface area contributed by atoms with Crippen LogP contribution in [0.5, 0.6) is 5.75 Å².